The molecule has 1 N–H and O–H groups in total. The summed E-state index contributed by atoms with van der Waals surface area (Å²) in [6.07, 6.45) is -5.03. The van der Waals surface area contributed by atoms with Gasteiger partial charge < -0.3 is 5.32 Å². The van der Waals surface area contributed by atoms with Crippen LogP contribution in [-0.2, 0) is 21.0 Å². The maximum absolute atomic E-state index is 13.3. The number of rotatable bonds is 4. The zero-order valence-electron chi connectivity index (χ0n) is 13.5. The summed E-state index contributed by atoms with van der Waals surface area (Å²) in [5, 5.41) is 2.53. The van der Waals surface area contributed by atoms with Gasteiger partial charge in [0.05, 0.1) is 17.0 Å². The number of carbonyl (C=O) groups is 1. The SMILES string of the molecule is CN(CC(=O)NC(C)(C)C)S(=O)(=O)c1ccc(F)c(C(F)(F)F)c1. The molecule has 0 saturated heterocycles. The van der Waals surface area contributed by atoms with Crippen molar-refractivity contribution < 1.29 is 30.8 Å². The first-order valence-electron chi connectivity index (χ1n) is 6.79. The number of nitrogens with zero attached hydrogens (tertiary/aromatic N) is 1. The van der Waals surface area contributed by atoms with Crippen LogP contribution in [0.4, 0.5) is 17.6 Å². The fraction of sp³-hybridized carbons (Fsp3) is 0.500. The van der Waals surface area contributed by atoms with Gasteiger partial charge in [-0.05, 0) is 39.0 Å². The molecule has 0 radical (unpaired) electrons. The summed E-state index contributed by atoms with van der Waals surface area (Å²) in [5.74, 6) is -2.19. The molecule has 24 heavy (non-hydrogen) atoms. The van der Waals surface area contributed by atoms with Gasteiger partial charge in [0.1, 0.15) is 5.82 Å². The molecule has 1 aromatic rings. The van der Waals surface area contributed by atoms with Gasteiger partial charge in [-0.3, -0.25) is 4.79 Å². The van der Waals surface area contributed by atoms with Gasteiger partial charge in [0.25, 0.3) is 0 Å². The number of hydrogen-bond acceptors (Lipinski definition) is 3. The number of halogens is 4. The van der Waals surface area contributed by atoms with Crippen LogP contribution >= 0.6 is 0 Å². The van der Waals surface area contributed by atoms with Crippen molar-refractivity contribution in [2.45, 2.75) is 37.4 Å². The minimum absolute atomic E-state index is 0.211. The first-order valence-corrected chi connectivity index (χ1v) is 8.23. The van der Waals surface area contributed by atoms with Gasteiger partial charge in [-0.2, -0.15) is 17.5 Å². The van der Waals surface area contributed by atoms with E-state index >= 15 is 0 Å². The van der Waals surface area contributed by atoms with Gasteiger partial charge in [0.2, 0.25) is 15.9 Å². The number of amides is 1. The predicted octanol–water partition coefficient (Wildman–Crippen LogP) is 2.38. The van der Waals surface area contributed by atoms with E-state index in [0.717, 1.165) is 13.1 Å². The standard InChI is InChI=1S/C14H18F4N2O3S/c1-13(2,3)19-12(21)8-20(4)24(22,23)9-5-6-11(15)10(7-9)14(16,17)18/h5-7H,8H2,1-4H3,(H,19,21). The average molecular weight is 370 g/mol. The maximum Gasteiger partial charge on any atom is 0.419 e. The van der Waals surface area contributed by atoms with Crippen molar-refractivity contribution in [3.05, 3.63) is 29.6 Å². The molecule has 0 aliphatic rings. The van der Waals surface area contributed by atoms with Crippen LogP contribution in [0.25, 0.3) is 0 Å². The maximum atomic E-state index is 13.3. The molecule has 0 saturated carbocycles. The summed E-state index contributed by atoms with van der Waals surface area (Å²) >= 11 is 0. The minimum Gasteiger partial charge on any atom is -0.350 e. The number of benzene rings is 1. The highest BCUT2D eigenvalue weighted by Crippen LogP contribution is 2.33. The van der Waals surface area contributed by atoms with Crippen molar-refractivity contribution in [1.82, 2.24) is 9.62 Å². The topological polar surface area (TPSA) is 66.5 Å². The highest BCUT2D eigenvalue weighted by atomic mass is 32.2. The van der Waals surface area contributed by atoms with Crippen LogP contribution in [0.5, 0.6) is 0 Å². The van der Waals surface area contributed by atoms with Crippen LogP contribution in [0.3, 0.4) is 0 Å². The van der Waals surface area contributed by atoms with E-state index in [0.29, 0.717) is 10.4 Å². The Morgan fingerprint density at radius 1 is 1.21 bits per heavy atom. The van der Waals surface area contributed by atoms with Crippen molar-refractivity contribution in [3.8, 4) is 0 Å². The summed E-state index contributed by atoms with van der Waals surface area (Å²) < 4.78 is 76.5. The molecule has 136 valence electrons. The Balaban J connectivity index is 3.10. The van der Waals surface area contributed by atoms with E-state index in [1.807, 2.05) is 0 Å². The van der Waals surface area contributed by atoms with Gasteiger partial charge in [0, 0.05) is 12.6 Å². The monoisotopic (exact) mass is 370 g/mol. The average Bonchev–Trinajstić information content (AvgIpc) is 2.34. The van der Waals surface area contributed by atoms with E-state index in [1.165, 1.54) is 0 Å². The van der Waals surface area contributed by atoms with Crippen molar-refractivity contribution in [1.29, 1.82) is 0 Å². The summed E-state index contributed by atoms with van der Waals surface area (Å²) in [6.45, 7) is 4.48. The van der Waals surface area contributed by atoms with Gasteiger partial charge in [-0.1, -0.05) is 0 Å². The predicted molar refractivity (Wildman–Crippen MR) is 79.1 cm³/mol. The summed E-state index contributed by atoms with van der Waals surface area (Å²) in [5.41, 5.74) is -2.28. The molecule has 0 aromatic heterocycles. The number of carbonyl (C=O) groups excluding carboxylic acids is 1. The molecule has 0 aliphatic heterocycles. The molecule has 5 nitrogen and oxygen atoms in total. The van der Waals surface area contributed by atoms with Crippen LogP contribution < -0.4 is 5.32 Å². The Bertz CT molecular complexity index is 725. The molecule has 0 aliphatic carbocycles. The minimum atomic E-state index is -5.03. The third-order valence-electron chi connectivity index (χ3n) is 2.83. The zero-order valence-corrected chi connectivity index (χ0v) is 14.3. The van der Waals surface area contributed by atoms with Crippen molar-refractivity contribution in [2.75, 3.05) is 13.6 Å². The zero-order chi connectivity index (χ0) is 18.9. The lowest BCUT2D eigenvalue weighted by Crippen LogP contribution is -2.46. The molecule has 0 bridgehead atoms. The number of sulfonamides is 1. The molecule has 0 heterocycles. The second-order valence-corrected chi connectivity index (χ2v) is 8.24. The normalized spacial score (nSPS) is 13.2. The van der Waals surface area contributed by atoms with E-state index in [9.17, 15) is 30.8 Å². The molecule has 10 heteroatoms. The first kappa shape index (κ1) is 20.4. The molecule has 1 aromatic carbocycles. The van der Waals surface area contributed by atoms with Crippen LogP contribution in [-0.4, -0.2) is 37.8 Å². The molecule has 0 atom stereocenters. The first-order chi connectivity index (χ1) is 10.6. The molecule has 1 rings (SSSR count). The van der Waals surface area contributed by atoms with E-state index < -0.39 is 50.5 Å². The molecule has 0 unspecified atom stereocenters. The number of likely N-dealkylation sites (N-methyl/N-ethyl adjacent to an activating group) is 1. The van der Waals surface area contributed by atoms with Gasteiger partial charge in [-0.25, -0.2) is 12.8 Å². The van der Waals surface area contributed by atoms with Gasteiger partial charge >= 0.3 is 6.18 Å². The lowest BCUT2D eigenvalue weighted by molar-refractivity contribution is -0.140. The van der Waals surface area contributed by atoms with E-state index in [2.05, 4.69) is 5.32 Å². The third kappa shape index (κ3) is 5.17. The highest BCUT2D eigenvalue weighted by molar-refractivity contribution is 7.89. The number of alkyl halides is 3. The second-order valence-electron chi connectivity index (χ2n) is 6.20. The summed E-state index contributed by atoms with van der Waals surface area (Å²) in [6, 6.07) is 1.36. The fourth-order valence-electron chi connectivity index (χ4n) is 1.81. The van der Waals surface area contributed by atoms with Crippen LogP contribution in [0.15, 0.2) is 23.1 Å². The van der Waals surface area contributed by atoms with Crippen LogP contribution in [0.1, 0.15) is 26.3 Å². The Morgan fingerprint density at radius 2 is 1.75 bits per heavy atom. The summed E-state index contributed by atoms with van der Waals surface area (Å²) in [7, 11) is -3.33. The number of nitrogens with one attached hydrogen (secondary N) is 1. The van der Waals surface area contributed by atoms with Gasteiger partial charge in [0.15, 0.2) is 0 Å². The molecular formula is C14H18F4N2O3S. The third-order valence-corrected chi connectivity index (χ3v) is 4.63. The van der Waals surface area contributed by atoms with Crippen molar-refractivity contribution in [2.24, 2.45) is 0 Å². The van der Waals surface area contributed by atoms with E-state index in [1.54, 1.807) is 20.8 Å². The molecule has 0 fully saturated rings. The Kier molecular flexibility index (Phi) is 5.66. The highest BCUT2D eigenvalue weighted by Gasteiger charge is 2.36. The Morgan fingerprint density at radius 3 is 2.21 bits per heavy atom. The van der Waals surface area contributed by atoms with Crippen molar-refractivity contribution in [3.63, 3.8) is 0 Å². The lowest BCUT2D eigenvalue weighted by Gasteiger charge is -2.23. The van der Waals surface area contributed by atoms with Gasteiger partial charge in [-0.15, -0.1) is 0 Å². The fourth-order valence-corrected chi connectivity index (χ4v) is 2.96. The van der Waals surface area contributed by atoms with E-state index in [4.69, 9.17) is 0 Å². The molecular weight excluding hydrogens is 352 g/mol. The van der Waals surface area contributed by atoms with Crippen LogP contribution in [0, 0.1) is 5.82 Å². The smallest absolute Gasteiger partial charge is 0.350 e. The second kappa shape index (κ2) is 6.67. The molecule has 0 spiro atoms. The van der Waals surface area contributed by atoms with E-state index in [-0.39, 0.29) is 6.07 Å². The quantitative estimate of drug-likeness (QED) is 0.828. The number of hydrogen-bond donors (Lipinski definition) is 1. The van der Waals surface area contributed by atoms with Crippen molar-refractivity contribution >= 4 is 15.9 Å². The van der Waals surface area contributed by atoms with Crippen LogP contribution in [0.2, 0.25) is 0 Å². The lowest BCUT2D eigenvalue weighted by atomic mass is 10.1. The summed E-state index contributed by atoms with van der Waals surface area (Å²) in [4.78, 5) is 11.0. The Labute approximate surface area is 137 Å². The largest absolute Gasteiger partial charge is 0.419 e. The molecule has 1 amide bonds. The Hall–Kier alpha value is -1.68.